The summed E-state index contributed by atoms with van der Waals surface area (Å²) >= 11 is 0. The lowest BCUT2D eigenvalue weighted by molar-refractivity contribution is -0.122. The van der Waals surface area contributed by atoms with Crippen molar-refractivity contribution in [3.63, 3.8) is 0 Å². The highest BCUT2D eigenvalue weighted by Crippen LogP contribution is 2.18. The minimum Gasteiger partial charge on any atom is -0.489 e. The molecule has 2 amide bonds. The molecule has 2 N–H and O–H groups in total. The number of nitrogens with zero attached hydrogens (tertiary/aromatic N) is 1. The molecular formula is C19H25N3O4. The zero-order valence-electron chi connectivity index (χ0n) is 15.6. The SMILES string of the molecule is CCCNC(=O)C(C)NC(=O)c1cccc(OCc2c(C)noc2C)c1. The minimum absolute atomic E-state index is 0.203. The summed E-state index contributed by atoms with van der Waals surface area (Å²) in [5.74, 6) is 0.738. The Balaban J connectivity index is 1.97. The Hall–Kier alpha value is -2.83. The van der Waals surface area contributed by atoms with Crippen molar-refractivity contribution in [2.75, 3.05) is 6.54 Å². The molecule has 26 heavy (non-hydrogen) atoms. The van der Waals surface area contributed by atoms with Gasteiger partial charge in [-0.2, -0.15) is 0 Å². The Morgan fingerprint density at radius 1 is 1.31 bits per heavy atom. The van der Waals surface area contributed by atoms with Crippen molar-refractivity contribution in [2.24, 2.45) is 0 Å². The van der Waals surface area contributed by atoms with Gasteiger partial charge >= 0.3 is 0 Å². The summed E-state index contributed by atoms with van der Waals surface area (Å²) in [6, 6.07) is 6.21. The third-order valence-corrected chi connectivity index (χ3v) is 3.95. The summed E-state index contributed by atoms with van der Waals surface area (Å²) in [5, 5.41) is 9.33. The lowest BCUT2D eigenvalue weighted by Gasteiger charge is -2.14. The molecule has 0 aliphatic carbocycles. The summed E-state index contributed by atoms with van der Waals surface area (Å²) in [5.41, 5.74) is 2.10. The van der Waals surface area contributed by atoms with E-state index in [9.17, 15) is 9.59 Å². The number of ether oxygens (including phenoxy) is 1. The first-order chi connectivity index (χ1) is 12.4. The van der Waals surface area contributed by atoms with Crippen LogP contribution in [-0.2, 0) is 11.4 Å². The van der Waals surface area contributed by atoms with E-state index in [0.717, 1.165) is 17.7 Å². The first-order valence-electron chi connectivity index (χ1n) is 8.65. The number of carbonyl (C=O) groups excluding carboxylic acids is 2. The van der Waals surface area contributed by atoms with Crippen molar-refractivity contribution in [3.05, 3.63) is 46.8 Å². The van der Waals surface area contributed by atoms with Gasteiger partial charge in [0.1, 0.15) is 24.2 Å². The van der Waals surface area contributed by atoms with E-state index in [0.29, 0.717) is 30.2 Å². The smallest absolute Gasteiger partial charge is 0.252 e. The van der Waals surface area contributed by atoms with E-state index in [-0.39, 0.29) is 11.8 Å². The summed E-state index contributed by atoms with van der Waals surface area (Å²) in [6.45, 7) is 8.20. The molecule has 0 bridgehead atoms. The molecule has 0 saturated heterocycles. The third-order valence-electron chi connectivity index (χ3n) is 3.95. The largest absolute Gasteiger partial charge is 0.489 e. The molecule has 1 unspecified atom stereocenters. The number of hydrogen-bond donors (Lipinski definition) is 2. The van der Waals surface area contributed by atoms with Gasteiger partial charge in [-0.1, -0.05) is 18.1 Å². The van der Waals surface area contributed by atoms with Crippen LogP contribution in [0.15, 0.2) is 28.8 Å². The fourth-order valence-electron chi connectivity index (χ4n) is 2.34. The van der Waals surface area contributed by atoms with E-state index >= 15 is 0 Å². The number of rotatable bonds is 8. The van der Waals surface area contributed by atoms with Crippen LogP contribution in [0.25, 0.3) is 0 Å². The third kappa shape index (κ3) is 5.08. The van der Waals surface area contributed by atoms with Crippen molar-refractivity contribution >= 4 is 11.8 Å². The molecule has 0 aliphatic rings. The normalized spacial score (nSPS) is 11.7. The molecule has 0 radical (unpaired) electrons. The number of aromatic nitrogens is 1. The topological polar surface area (TPSA) is 93.5 Å². The van der Waals surface area contributed by atoms with Crippen molar-refractivity contribution in [2.45, 2.75) is 46.8 Å². The summed E-state index contributed by atoms with van der Waals surface area (Å²) in [7, 11) is 0. The zero-order valence-corrected chi connectivity index (χ0v) is 15.6. The average molecular weight is 359 g/mol. The quantitative estimate of drug-likeness (QED) is 0.755. The van der Waals surface area contributed by atoms with Crippen LogP contribution in [-0.4, -0.2) is 29.6 Å². The van der Waals surface area contributed by atoms with Crippen molar-refractivity contribution < 1.29 is 18.8 Å². The highest BCUT2D eigenvalue weighted by Gasteiger charge is 2.16. The molecule has 1 atom stereocenters. The number of carbonyl (C=O) groups is 2. The Bertz CT molecular complexity index is 750. The molecule has 0 fully saturated rings. The highest BCUT2D eigenvalue weighted by atomic mass is 16.5. The second-order valence-corrected chi connectivity index (χ2v) is 6.11. The second-order valence-electron chi connectivity index (χ2n) is 6.11. The molecule has 140 valence electrons. The van der Waals surface area contributed by atoms with Gasteiger partial charge in [0.15, 0.2) is 0 Å². The molecule has 0 saturated carbocycles. The van der Waals surface area contributed by atoms with Gasteiger partial charge < -0.3 is 19.9 Å². The lowest BCUT2D eigenvalue weighted by Crippen LogP contribution is -2.45. The first-order valence-corrected chi connectivity index (χ1v) is 8.65. The van der Waals surface area contributed by atoms with E-state index in [1.54, 1.807) is 31.2 Å². The maximum Gasteiger partial charge on any atom is 0.252 e. The molecule has 2 aromatic rings. The van der Waals surface area contributed by atoms with Gasteiger partial charge in [0, 0.05) is 12.1 Å². The number of aryl methyl sites for hydroxylation is 2. The fourth-order valence-corrected chi connectivity index (χ4v) is 2.34. The van der Waals surface area contributed by atoms with Crippen LogP contribution < -0.4 is 15.4 Å². The van der Waals surface area contributed by atoms with Crippen LogP contribution in [0.4, 0.5) is 0 Å². The van der Waals surface area contributed by atoms with Crippen molar-refractivity contribution in [1.82, 2.24) is 15.8 Å². The Kier molecular flexibility index (Phi) is 6.77. The maximum atomic E-state index is 12.4. The van der Waals surface area contributed by atoms with Gasteiger partial charge in [-0.25, -0.2) is 0 Å². The second kappa shape index (κ2) is 9.03. The highest BCUT2D eigenvalue weighted by molar-refractivity contribution is 5.97. The van der Waals surface area contributed by atoms with Crippen molar-refractivity contribution in [3.8, 4) is 5.75 Å². The van der Waals surface area contributed by atoms with Gasteiger partial charge in [0.2, 0.25) is 5.91 Å². The molecule has 7 heteroatoms. The number of benzene rings is 1. The summed E-state index contributed by atoms with van der Waals surface area (Å²) in [6.07, 6.45) is 0.844. The Labute approximate surface area is 153 Å². The van der Waals surface area contributed by atoms with Gasteiger partial charge in [-0.05, 0) is 45.4 Å². The molecule has 2 rings (SSSR count). The molecule has 0 aliphatic heterocycles. The molecule has 7 nitrogen and oxygen atoms in total. The van der Waals surface area contributed by atoms with Gasteiger partial charge in [-0.3, -0.25) is 9.59 Å². The number of nitrogens with one attached hydrogen (secondary N) is 2. The predicted molar refractivity (Wildman–Crippen MR) is 97.0 cm³/mol. The Morgan fingerprint density at radius 2 is 2.08 bits per heavy atom. The molecular weight excluding hydrogens is 334 g/mol. The van der Waals surface area contributed by atoms with Crippen molar-refractivity contribution in [1.29, 1.82) is 0 Å². The van der Waals surface area contributed by atoms with E-state index in [1.165, 1.54) is 0 Å². The standard InChI is InChI=1S/C19H25N3O4/c1-5-9-20-18(23)13(3)21-19(24)15-7-6-8-16(10-15)25-11-17-12(2)22-26-14(17)4/h6-8,10,13H,5,9,11H2,1-4H3,(H,20,23)(H,21,24). The molecule has 1 aromatic carbocycles. The molecule has 0 spiro atoms. The fraction of sp³-hybridized carbons (Fsp3) is 0.421. The van der Waals surface area contributed by atoms with Crippen LogP contribution in [0.2, 0.25) is 0 Å². The number of amides is 2. The maximum absolute atomic E-state index is 12.4. The lowest BCUT2D eigenvalue weighted by atomic mass is 10.2. The van der Waals surface area contributed by atoms with Crippen LogP contribution in [0.3, 0.4) is 0 Å². The minimum atomic E-state index is -0.610. The average Bonchev–Trinajstić information content (AvgIpc) is 2.95. The zero-order chi connectivity index (χ0) is 19.1. The van der Waals surface area contributed by atoms with E-state index in [4.69, 9.17) is 9.26 Å². The van der Waals surface area contributed by atoms with Gasteiger partial charge in [0.25, 0.3) is 5.91 Å². The predicted octanol–water partition coefficient (Wildman–Crippen LogP) is 2.51. The van der Waals surface area contributed by atoms with Gasteiger partial charge in [-0.15, -0.1) is 0 Å². The van der Waals surface area contributed by atoms with Gasteiger partial charge in [0.05, 0.1) is 11.3 Å². The van der Waals surface area contributed by atoms with Crippen LogP contribution in [0.5, 0.6) is 5.75 Å². The summed E-state index contributed by atoms with van der Waals surface area (Å²) < 4.78 is 10.9. The Morgan fingerprint density at radius 3 is 2.73 bits per heavy atom. The van der Waals surface area contributed by atoms with E-state index < -0.39 is 6.04 Å². The van der Waals surface area contributed by atoms with Crippen LogP contribution >= 0.6 is 0 Å². The van der Waals surface area contributed by atoms with Crippen LogP contribution in [0, 0.1) is 13.8 Å². The summed E-state index contributed by atoms with van der Waals surface area (Å²) in [4.78, 5) is 24.2. The molecule has 1 aromatic heterocycles. The van der Waals surface area contributed by atoms with E-state index in [1.807, 2.05) is 20.8 Å². The monoisotopic (exact) mass is 359 g/mol. The van der Waals surface area contributed by atoms with E-state index in [2.05, 4.69) is 15.8 Å². The molecule has 1 heterocycles. The van der Waals surface area contributed by atoms with Crippen LogP contribution in [0.1, 0.15) is 47.6 Å². The number of hydrogen-bond acceptors (Lipinski definition) is 5. The first kappa shape index (κ1) is 19.5.